The Bertz CT molecular complexity index is 1070. The lowest BCUT2D eigenvalue weighted by Crippen LogP contribution is -2.48. The molecule has 166 valence electrons. The van der Waals surface area contributed by atoms with Gasteiger partial charge in [-0.05, 0) is 55.7 Å². The van der Waals surface area contributed by atoms with Crippen LogP contribution in [-0.2, 0) is 6.42 Å². The molecule has 1 aliphatic heterocycles. The van der Waals surface area contributed by atoms with Crippen molar-refractivity contribution in [1.82, 2.24) is 19.6 Å². The summed E-state index contributed by atoms with van der Waals surface area (Å²) >= 11 is 0. The van der Waals surface area contributed by atoms with Crippen LogP contribution in [-0.4, -0.2) is 58.2 Å². The molecule has 1 amide bonds. The van der Waals surface area contributed by atoms with E-state index in [1.807, 2.05) is 39.9 Å². The van der Waals surface area contributed by atoms with Gasteiger partial charge in [0.2, 0.25) is 0 Å². The molecular weight excluding hydrogens is 396 g/mol. The van der Waals surface area contributed by atoms with Gasteiger partial charge in [-0.15, -0.1) is 0 Å². The maximum absolute atomic E-state index is 13.0. The molecule has 2 heterocycles. The van der Waals surface area contributed by atoms with Crippen molar-refractivity contribution in [3.05, 3.63) is 88.8 Å². The summed E-state index contributed by atoms with van der Waals surface area (Å²) in [6.45, 7) is 10.5. The SMILES string of the molecule is CCc1c(C)nn(-c2ccc(C(=O)N3CCN(CC=Cc4ccccc4)CC3)cc2)c1C. The van der Waals surface area contributed by atoms with Gasteiger partial charge in [-0.1, -0.05) is 49.4 Å². The van der Waals surface area contributed by atoms with E-state index in [1.54, 1.807) is 0 Å². The highest BCUT2D eigenvalue weighted by Crippen LogP contribution is 2.19. The summed E-state index contributed by atoms with van der Waals surface area (Å²) in [5.74, 6) is 0.110. The molecule has 0 unspecified atom stereocenters. The quantitative estimate of drug-likeness (QED) is 0.580. The largest absolute Gasteiger partial charge is 0.336 e. The highest BCUT2D eigenvalue weighted by atomic mass is 16.2. The average Bonchev–Trinajstić information content (AvgIpc) is 3.13. The topological polar surface area (TPSA) is 41.4 Å². The molecule has 1 aromatic heterocycles. The Labute approximate surface area is 191 Å². The van der Waals surface area contributed by atoms with Crippen molar-refractivity contribution < 1.29 is 4.79 Å². The Balaban J connectivity index is 1.33. The predicted molar refractivity (Wildman–Crippen MR) is 130 cm³/mol. The van der Waals surface area contributed by atoms with E-state index in [9.17, 15) is 4.79 Å². The zero-order chi connectivity index (χ0) is 22.5. The summed E-state index contributed by atoms with van der Waals surface area (Å²) in [6.07, 6.45) is 5.34. The van der Waals surface area contributed by atoms with Crippen molar-refractivity contribution in [2.45, 2.75) is 27.2 Å². The molecule has 0 bridgehead atoms. The van der Waals surface area contributed by atoms with Gasteiger partial charge >= 0.3 is 0 Å². The van der Waals surface area contributed by atoms with Crippen LogP contribution in [0.15, 0.2) is 60.7 Å². The fourth-order valence-electron chi connectivity index (χ4n) is 4.40. The third-order valence-corrected chi connectivity index (χ3v) is 6.29. The number of aromatic nitrogens is 2. The van der Waals surface area contributed by atoms with Crippen molar-refractivity contribution in [2.75, 3.05) is 32.7 Å². The first-order valence-electron chi connectivity index (χ1n) is 11.5. The molecule has 32 heavy (non-hydrogen) atoms. The minimum Gasteiger partial charge on any atom is -0.336 e. The normalized spacial score (nSPS) is 14.9. The van der Waals surface area contributed by atoms with Crippen molar-refractivity contribution >= 4 is 12.0 Å². The van der Waals surface area contributed by atoms with E-state index in [1.165, 1.54) is 16.8 Å². The molecule has 1 saturated heterocycles. The molecule has 0 spiro atoms. The molecule has 5 heteroatoms. The molecule has 4 rings (SSSR count). The van der Waals surface area contributed by atoms with Gasteiger partial charge in [-0.25, -0.2) is 4.68 Å². The number of benzene rings is 2. The van der Waals surface area contributed by atoms with Gasteiger partial charge in [0.15, 0.2) is 0 Å². The van der Waals surface area contributed by atoms with Crippen LogP contribution in [0.25, 0.3) is 11.8 Å². The van der Waals surface area contributed by atoms with E-state index in [4.69, 9.17) is 0 Å². The minimum absolute atomic E-state index is 0.110. The number of nitrogens with zero attached hydrogens (tertiary/aromatic N) is 4. The molecule has 0 N–H and O–H groups in total. The van der Waals surface area contributed by atoms with Crippen LogP contribution in [0, 0.1) is 13.8 Å². The second-order valence-electron chi connectivity index (χ2n) is 8.37. The second kappa shape index (κ2) is 9.96. The Morgan fingerprint density at radius 3 is 2.28 bits per heavy atom. The summed E-state index contributed by atoms with van der Waals surface area (Å²) < 4.78 is 1.98. The highest BCUT2D eigenvalue weighted by Gasteiger charge is 2.21. The lowest BCUT2D eigenvalue weighted by atomic mass is 10.1. The Morgan fingerprint density at radius 2 is 1.66 bits per heavy atom. The van der Waals surface area contributed by atoms with Crippen molar-refractivity contribution in [3.63, 3.8) is 0 Å². The third kappa shape index (κ3) is 4.83. The monoisotopic (exact) mass is 428 g/mol. The summed E-state index contributed by atoms with van der Waals surface area (Å²) in [7, 11) is 0. The second-order valence-corrected chi connectivity index (χ2v) is 8.37. The number of amides is 1. The average molecular weight is 429 g/mol. The van der Waals surface area contributed by atoms with Crippen LogP contribution in [0.3, 0.4) is 0 Å². The van der Waals surface area contributed by atoms with Crippen LogP contribution in [0.2, 0.25) is 0 Å². The van der Waals surface area contributed by atoms with Crippen LogP contribution >= 0.6 is 0 Å². The first kappa shape index (κ1) is 22.0. The van der Waals surface area contributed by atoms with Crippen LogP contribution in [0.4, 0.5) is 0 Å². The van der Waals surface area contributed by atoms with Crippen LogP contribution < -0.4 is 0 Å². The minimum atomic E-state index is 0.110. The molecule has 0 aliphatic carbocycles. The van der Waals surface area contributed by atoms with Crippen LogP contribution in [0.5, 0.6) is 0 Å². The summed E-state index contributed by atoms with van der Waals surface area (Å²) in [6, 6.07) is 18.2. The molecule has 1 aliphatic rings. The van der Waals surface area contributed by atoms with Gasteiger partial charge in [0.05, 0.1) is 11.4 Å². The fourth-order valence-corrected chi connectivity index (χ4v) is 4.40. The number of aryl methyl sites for hydroxylation is 1. The lowest BCUT2D eigenvalue weighted by Gasteiger charge is -2.34. The van der Waals surface area contributed by atoms with E-state index in [2.05, 4.69) is 67.2 Å². The Hall–Kier alpha value is -3.18. The smallest absolute Gasteiger partial charge is 0.253 e. The number of rotatable bonds is 6. The van der Waals surface area contributed by atoms with E-state index in [0.29, 0.717) is 0 Å². The number of carbonyl (C=O) groups is 1. The van der Waals surface area contributed by atoms with Crippen molar-refractivity contribution in [1.29, 1.82) is 0 Å². The van der Waals surface area contributed by atoms with E-state index < -0.39 is 0 Å². The maximum Gasteiger partial charge on any atom is 0.253 e. The molecule has 2 aromatic carbocycles. The first-order chi connectivity index (χ1) is 15.6. The molecular formula is C27H32N4O. The number of hydrogen-bond donors (Lipinski definition) is 0. The van der Waals surface area contributed by atoms with Crippen molar-refractivity contribution in [2.24, 2.45) is 0 Å². The molecule has 1 fully saturated rings. The van der Waals surface area contributed by atoms with Crippen LogP contribution in [0.1, 0.15) is 39.8 Å². The van der Waals surface area contributed by atoms with E-state index in [0.717, 1.165) is 56.1 Å². The number of piperazine rings is 1. The van der Waals surface area contributed by atoms with Gasteiger partial charge in [0.25, 0.3) is 5.91 Å². The molecule has 5 nitrogen and oxygen atoms in total. The summed E-state index contributed by atoms with van der Waals surface area (Å²) in [5, 5.41) is 4.68. The van der Waals surface area contributed by atoms with Gasteiger partial charge in [-0.2, -0.15) is 5.10 Å². The van der Waals surface area contributed by atoms with Gasteiger partial charge in [0, 0.05) is 44.0 Å². The third-order valence-electron chi connectivity index (χ3n) is 6.29. The maximum atomic E-state index is 13.0. The summed E-state index contributed by atoms with van der Waals surface area (Å²) in [5.41, 5.74) is 6.49. The fraction of sp³-hybridized carbons (Fsp3) is 0.333. The molecule has 0 radical (unpaired) electrons. The van der Waals surface area contributed by atoms with Crippen molar-refractivity contribution in [3.8, 4) is 5.69 Å². The zero-order valence-electron chi connectivity index (χ0n) is 19.3. The van der Waals surface area contributed by atoms with E-state index >= 15 is 0 Å². The Morgan fingerprint density at radius 1 is 0.969 bits per heavy atom. The zero-order valence-corrected chi connectivity index (χ0v) is 19.3. The molecule has 0 saturated carbocycles. The van der Waals surface area contributed by atoms with E-state index in [-0.39, 0.29) is 5.91 Å². The number of hydrogen-bond acceptors (Lipinski definition) is 3. The standard InChI is InChI=1S/C27H32N4O/c1-4-26-21(2)28-31(22(26)3)25-14-12-24(13-15-25)27(32)30-19-17-29(18-20-30)16-8-11-23-9-6-5-7-10-23/h5-15H,4,16-20H2,1-3H3. The molecule has 3 aromatic rings. The van der Waals surface area contributed by atoms with Gasteiger partial charge in [-0.3, -0.25) is 9.69 Å². The number of carbonyl (C=O) groups excluding carboxylic acids is 1. The molecule has 0 atom stereocenters. The highest BCUT2D eigenvalue weighted by molar-refractivity contribution is 5.94. The van der Waals surface area contributed by atoms with Gasteiger partial charge in [0.1, 0.15) is 0 Å². The predicted octanol–water partition coefficient (Wildman–Crippen LogP) is 4.52. The summed E-state index contributed by atoms with van der Waals surface area (Å²) in [4.78, 5) is 17.3. The first-order valence-corrected chi connectivity index (χ1v) is 11.5. The Kier molecular flexibility index (Phi) is 6.86. The lowest BCUT2D eigenvalue weighted by molar-refractivity contribution is 0.0650. The van der Waals surface area contributed by atoms with Gasteiger partial charge < -0.3 is 4.90 Å².